The van der Waals surface area contributed by atoms with Gasteiger partial charge in [-0.2, -0.15) is 4.31 Å². The predicted molar refractivity (Wildman–Crippen MR) is 135 cm³/mol. The fraction of sp³-hybridized carbons (Fsp3) is 0.435. The number of ether oxygens (including phenoxy) is 1. The lowest BCUT2D eigenvalue weighted by Gasteiger charge is -2.35. The van der Waals surface area contributed by atoms with E-state index in [1.165, 1.54) is 10.6 Å². The lowest BCUT2D eigenvalue weighted by molar-refractivity contribution is 0.139. The molecule has 2 aromatic rings. The number of amides is 2. The summed E-state index contributed by atoms with van der Waals surface area (Å²) in [4.78, 5) is 16.8. The molecule has 2 aliphatic rings. The molecule has 11 heteroatoms. The van der Waals surface area contributed by atoms with E-state index in [1.54, 1.807) is 23.1 Å². The van der Waals surface area contributed by atoms with Crippen molar-refractivity contribution in [3.8, 4) is 5.75 Å². The number of carbonyl (C=O) groups excluding carboxylic acids is 1. The van der Waals surface area contributed by atoms with Gasteiger partial charge in [0.1, 0.15) is 5.75 Å². The van der Waals surface area contributed by atoms with Gasteiger partial charge in [-0.1, -0.05) is 40.9 Å². The van der Waals surface area contributed by atoms with Gasteiger partial charge in [0.05, 0.1) is 22.9 Å². The van der Waals surface area contributed by atoms with Crippen LogP contribution in [0.5, 0.6) is 5.75 Å². The molecule has 0 spiro atoms. The largest absolute Gasteiger partial charge is 0.493 e. The van der Waals surface area contributed by atoms with Crippen LogP contribution in [0.3, 0.4) is 0 Å². The van der Waals surface area contributed by atoms with Crippen molar-refractivity contribution in [1.82, 2.24) is 14.1 Å². The Bertz CT molecular complexity index is 1140. The maximum Gasteiger partial charge on any atom is 0.320 e. The number of hydrogen-bond acceptors (Lipinski definition) is 4. The van der Waals surface area contributed by atoms with Gasteiger partial charge in [0.15, 0.2) is 0 Å². The second-order valence-electron chi connectivity index (χ2n) is 8.64. The zero-order valence-electron chi connectivity index (χ0n) is 18.7. The third-order valence-corrected chi connectivity index (χ3v) is 8.63. The van der Waals surface area contributed by atoms with E-state index in [-0.39, 0.29) is 17.9 Å². The van der Waals surface area contributed by atoms with Crippen LogP contribution >= 0.6 is 34.8 Å². The fourth-order valence-electron chi connectivity index (χ4n) is 4.46. The van der Waals surface area contributed by atoms with Gasteiger partial charge in [0.2, 0.25) is 10.0 Å². The first-order valence-corrected chi connectivity index (χ1v) is 13.9. The topological polar surface area (TPSA) is 70.2 Å². The van der Waals surface area contributed by atoms with E-state index in [1.807, 2.05) is 29.2 Å². The van der Waals surface area contributed by atoms with Gasteiger partial charge in [0, 0.05) is 56.1 Å². The quantitative estimate of drug-likeness (QED) is 0.556. The molecule has 0 aromatic heterocycles. The van der Waals surface area contributed by atoms with E-state index < -0.39 is 10.0 Å². The third kappa shape index (κ3) is 5.91. The van der Waals surface area contributed by atoms with Crippen LogP contribution in [0.15, 0.2) is 42.5 Å². The summed E-state index contributed by atoms with van der Waals surface area (Å²) in [7, 11) is -3.26. The Labute approximate surface area is 215 Å². The van der Waals surface area contributed by atoms with Crippen molar-refractivity contribution >= 4 is 50.9 Å². The van der Waals surface area contributed by atoms with E-state index >= 15 is 0 Å². The Hall–Kier alpha value is -1.71. The van der Waals surface area contributed by atoms with Gasteiger partial charge in [-0.05, 0) is 42.0 Å². The molecule has 2 atom stereocenters. The molecule has 0 radical (unpaired) electrons. The summed E-state index contributed by atoms with van der Waals surface area (Å²) in [5, 5.41) is 1.59. The Morgan fingerprint density at radius 1 is 0.941 bits per heavy atom. The lowest BCUT2D eigenvalue weighted by atomic mass is 9.89. The van der Waals surface area contributed by atoms with Crippen LogP contribution in [0.25, 0.3) is 0 Å². The molecule has 7 nitrogen and oxygen atoms in total. The summed E-state index contributed by atoms with van der Waals surface area (Å²) in [6.07, 6.45) is 1.19. The highest BCUT2D eigenvalue weighted by molar-refractivity contribution is 7.88. The number of hydrogen-bond donors (Lipinski definition) is 0. The summed E-state index contributed by atoms with van der Waals surface area (Å²) >= 11 is 18.4. The highest BCUT2D eigenvalue weighted by atomic mass is 35.5. The summed E-state index contributed by atoms with van der Waals surface area (Å²) in [5.74, 6) is 0.761. The molecule has 2 aliphatic heterocycles. The molecule has 0 aliphatic carbocycles. The van der Waals surface area contributed by atoms with Crippen LogP contribution in [0.1, 0.15) is 11.5 Å². The zero-order valence-corrected chi connectivity index (χ0v) is 21.7. The number of benzene rings is 2. The summed E-state index contributed by atoms with van der Waals surface area (Å²) in [5.41, 5.74) is 0.997. The first-order valence-electron chi connectivity index (χ1n) is 10.9. The van der Waals surface area contributed by atoms with Crippen molar-refractivity contribution < 1.29 is 17.9 Å². The van der Waals surface area contributed by atoms with Crippen LogP contribution in [-0.4, -0.2) is 80.7 Å². The van der Waals surface area contributed by atoms with Gasteiger partial charge in [-0.15, -0.1) is 0 Å². The van der Waals surface area contributed by atoms with Crippen molar-refractivity contribution in [1.29, 1.82) is 0 Å². The van der Waals surface area contributed by atoms with Crippen LogP contribution < -0.4 is 4.74 Å². The lowest BCUT2D eigenvalue weighted by Crippen LogP contribution is -2.53. The number of sulfonamides is 1. The monoisotopic (exact) mass is 545 g/mol. The van der Waals surface area contributed by atoms with Crippen molar-refractivity contribution in [2.24, 2.45) is 5.92 Å². The van der Waals surface area contributed by atoms with Gasteiger partial charge in [-0.25, -0.2) is 13.2 Å². The average molecular weight is 547 g/mol. The number of piperazine rings is 1. The second-order valence-corrected chi connectivity index (χ2v) is 11.9. The Balaban J connectivity index is 1.48. The van der Waals surface area contributed by atoms with Crippen molar-refractivity contribution in [2.45, 2.75) is 5.92 Å². The normalized spacial score (nSPS) is 21.6. The Morgan fingerprint density at radius 2 is 1.62 bits per heavy atom. The van der Waals surface area contributed by atoms with E-state index in [0.29, 0.717) is 66.7 Å². The van der Waals surface area contributed by atoms with Crippen molar-refractivity contribution in [2.75, 3.05) is 52.1 Å². The van der Waals surface area contributed by atoms with Crippen molar-refractivity contribution in [3.05, 3.63) is 63.1 Å². The van der Waals surface area contributed by atoms with Crippen LogP contribution in [0.2, 0.25) is 15.1 Å². The average Bonchev–Trinajstić information content (AvgIpc) is 3.24. The molecular weight excluding hydrogens is 521 g/mol. The number of carbonyl (C=O) groups is 1. The maximum atomic E-state index is 13.3. The minimum absolute atomic E-state index is 0.0170. The standard InChI is InChI=1S/C23H26Cl3N3O4S/c1-34(31,32)29-10-8-27(9-11-29)23(30)28-13-17(15-33-19-5-3-18(24)4-6-19)20(14-28)16-2-7-21(25)22(26)12-16/h2-7,12,17,20H,8-11,13-15H2,1H3/t17-,20+/m0/s1. The SMILES string of the molecule is CS(=O)(=O)N1CCN(C(=O)N2C[C@@H](COc3ccc(Cl)cc3)[C@@H](c3ccc(Cl)c(Cl)c3)C2)CC1. The predicted octanol–water partition coefficient (Wildman–Crippen LogP) is 4.44. The van der Waals surface area contributed by atoms with Gasteiger partial charge < -0.3 is 14.5 Å². The first kappa shape index (κ1) is 25.4. The number of nitrogens with zero attached hydrogens (tertiary/aromatic N) is 3. The van der Waals surface area contributed by atoms with Gasteiger partial charge >= 0.3 is 6.03 Å². The van der Waals surface area contributed by atoms with E-state index in [4.69, 9.17) is 39.5 Å². The molecule has 184 valence electrons. The highest BCUT2D eigenvalue weighted by Crippen LogP contribution is 2.36. The summed E-state index contributed by atoms with van der Waals surface area (Å²) in [6, 6.07) is 12.6. The second kappa shape index (κ2) is 10.5. The molecule has 0 bridgehead atoms. The molecule has 2 amide bonds. The first-order chi connectivity index (χ1) is 16.1. The van der Waals surface area contributed by atoms with E-state index in [0.717, 1.165) is 5.56 Å². The minimum Gasteiger partial charge on any atom is -0.493 e. The number of rotatable bonds is 5. The molecule has 34 heavy (non-hydrogen) atoms. The fourth-order valence-corrected chi connectivity index (χ4v) is 5.72. The molecule has 2 saturated heterocycles. The third-order valence-electron chi connectivity index (χ3n) is 6.34. The molecule has 2 heterocycles. The molecular formula is C23H26Cl3N3O4S. The van der Waals surface area contributed by atoms with Crippen LogP contribution in [0, 0.1) is 5.92 Å². The molecule has 0 unspecified atom stereocenters. The molecule has 4 rings (SSSR count). The summed E-state index contributed by atoms with van der Waals surface area (Å²) < 4.78 is 31.0. The zero-order chi connectivity index (χ0) is 24.5. The minimum atomic E-state index is -3.26. The van der Waals surface area contributed by atoms with E-state index in [9.17, 15) is 13.2 Å². The molecule has 2 fully saturated rings. The van der Waals surface area contributed by atoms with E-state index in [2.05, 4.69) is 0 Å². The van der Waals surface area contributed by atoms with Crippen molar-refractivity contribution in [3.63, 3.8) is 0 Å². The summed E-state index contributed by atoms with van der Waals surface area (Å²) in [6.45, 7) is 2.78. The Kier molecular flexibility index (Phi) is 7.84. The van der Waals surface area contributed by atoms with Crippen LogP contribution in [0.4, 0.5) is 4.79 Å². The molecule has 0 N–H and O–H groups in total. The van der Waals surface area contributed by atoms with Crippen LogP contribution in [-0.2, 0) is 10.0 Å². The van der Waals surface area contributed by atoms with Gasteiger partial charge in [-0.3, -0.25) is 0 Å². The highest BCUT2D eigenvalue weighted by Gasteiger charge is 2.39. The smallest absolute Gasteiger partial charge is 0.320 e. The number of urea groups is 1. The molecule has 0 saturated carbocycles. The Morgan fingerprint density at radius 3 is 2.24 bits per heavy atom. The molecule has 2 aromatic carbocycles. The van der Waals surface area contributed by atoms with Gasteiger partial charge in [0.25, 0.3) is 0 Å². The number of halogens is 3. The maximum absolute atomic E-state index is 13.3. The number of likely N-dealkylation sites (tertiary alicyclic amines) is 1.